The molecule has 0 saturated heterocycles. The van der Waals surface area contributed by atoms with Gasteiger partial charge in [0.1, 0.15) is 24.2 Å². The van der Waals surface area contributed by atoms with Crippen LogP contribution in [0.4, 0.5) is 4.79 Å². The number of alkyl carbamates (subject to hydrolysis) is 1. The SMILES string of the molecule is CCCCN(C(=O)C(CO)NC(=O)OC(C)(C)C)C(C(=O)NCC(=O)OC)c1cccc(C)c1. The number of carbonyl (C=O) groups is 4. The van der Waals surface area contributed by atoms with Crippen LogP contribution in [-0.4, -0.2) is 72.3 Å². The molecule has 2 atom stereocenters. The Balaban J connectivity index is 3.34. The van der Waals surface area contributed by atoms with Gasteiger partial charge in [0.2, 0.25) is 11.8 Å². The standard InChI is InChI=1S/C24H37N3O7/c1-7-8-12-27(22(31)18(15-28)26-23(32)34-24(3,4)5)20(17-11-9-10-16(2)13-17)21(30)25-14-19(29)33-6/h9-11,13,18,20,28H,7-8,12,14-15H2,1-6H3,(H,25,30)(H,26,32). The van der Waals surface area contributed by atoms with Crippen LogP contribution in [0.3, 0.4) is 0 Å². The van der Waals surface area contributed by atoms with Gasteiger partial charge in [-0.05, 0) is 39.7 Å². The zero-order valence-electron chi connectivity index (χ0n) is 20.8. The van der Waals surface area contributed by atoms with Crippen LogP contribution < -0.4 is 10.6 Å². The van der Waals surface area contributed by atoms with Crippen molar-refractivity contribution in [3.8, 4) is 0 Å². The van der Waals surface area contributed by atoms with Gasteiger partial charge in [0.15, 0.2) is 0 Å². The molecule has 0 saturated carbocycles. The van der Waals surface area contributed by atoms with Crippen molar-refractivity contribution in [2.45, 2.75) is 65.1 Å². The predicted molar refractivity (Wildman–Crippen MR) is 126 cm³/mol. The van der Waals surface area contributed by atoms with E-state index in [1.165, 1.54) is 12.0 Å². The maximum absolute atomic E-state index is 13.5. The summed E-state index contributed by atoms with van der Waals surface area (Å²) in [5.74, 6) is -1.88. The monoisotopic (exact) mass is 479 g/mol. The van der Waals surface area contributed by atoms with E-state index < -0.39 is 48.2 Å². The van der Waals surface area contributed by atoms with Crippen molar-refractivity contribution in [2.24, 2.45) is 0 Å². The van der Waals surface area contributed by atoms with E-state index in [9.17, 15) is 24.3 Å². The number of aliphatic hydroxyl groups is 1. The molecule has 0 aliphatic heterocycles. The van der Waals surface area contributed by atoms with E-state index in [0.717, 1.165) is 12.0 Å². The van der Waals surface area contributed by atoms with Crippen molar-refractivity contribution in [3.05, 3.63) is 35.4 Å². The molecule has 1 aromatic rings. The highest BCUT2D eigenvalue weighted by Gasteiger charge is 2.36. The smallest absolute Gasteiger partial charge is 0.408 e. The molecule has 10 heteroatoms. The van der Waals surface area contributed by atoms with Crippen molar-refractivity contribution in [3.63, 3.8) is 0 Å². The van der Waals surface area contributed by atoms with Crippen molar-refractivity contribution < 1.29 is 33.8 Å². The van der Waals surface area contributed by atoms with Gasteiger partial charge >= 0.3 is 12.1 Å². The van der Waals surface area contributed by atoms with E-state index in [4.69, 9.17) is 4.74 Å². The largest absolute Gasteiger partial charge is 0.468 e. The Morgan fingerprint density at radius 3 is 2.38 bits per heavy atom. The number of rotatable bonds is 11. The quantitative estimate of drug-likeness (QED) is 0.412. The van der Waals surface area contributed by atoms with Crippen LogP contribution in [0.5, 0.6) is 0 Å². The fraction of sp³-hybridized carbons (Fsp3) is 0.583. The minimum atomic E-state index is -1.33. The summed E-state index contributed by atoms with van der Waals surface area (Å²) in [5, 5.41) is 14.8. The molecule has 0 aliphatic carbocycles. The molecule has 2 unspecified atom stereocenters. The van der Waals surface area contributed by atoms with E-state index in [1.54, 1.807) is 39.0 Å². The second kappa shape index (κ2) is 13.5. The van der Waals surface area contributed by atoms with Crippen molar-refractivity contribution >= 4 is 23.9 Å². The highest BCUT2D eigenvalue weighted by atomic mass is 16.6. The number of esters is 1. The molecule has 0 heterocycles. The minimum Gasteiger partial charge on any atom is -0.468 e. The Morgan fingerprint density at radius 2 is 1.85 bits per heavy atom. The summed E-state index contributed by atoms with van der Waals surface area (Å²) in [4.78, 5) is 51.9. The van der Waals surface area contributed by atoms with Crippen LogP contribution in [0, 0.1) is 6.92 Å². The number of unbranched alkanes of at least 4 members (excludes halogenated alkanes) is 1. The van der Waals surface area contributed by atoms with Gasteiger partial charge in [0.05, 0.1) is 13.7 Å². The van der Waals surface area contributed by atoms with Gasteiger partial charge in [-0.1, -0.05) is 43.2 Å². The lowest BCUT2D eigenvalue weighted by Crippen LogP contribution is -2.54. The van der Waals surface area contributed by atoms with Gasteiger partial charge in [0, 0.05) is 6.54 Å². The van der Waals surface area contributed by atoms with Crippen LogP contribution in [0.25, 0.3) is 0 Å². The zero-order chi connectivity index (χ0) is 25.9. The number of carbonyl (C=O) groups excluding carboxylic acids is 4. The number of nitrogens with one attached hydrogen (secondary N) is 2. The molecule has 0 aromatic heterocycles. The van der Waals surface area contributed by atoms with Crippen molar-refractivity contribution in [2.75, 3.05) is 26.8 Å². The normalized spacial score (nSPS) is 12.8. The van der Waals surface area contributed by atoms with Gasteiger partial charge in [-0.15, -0.1) is 0 Å². The van der Waals surface area contributed by atoms with Crippen molar-refractivity contribution in [1.82, 2.24) is 15.5 Å². The highest BCUT2D eigenvalue weighted by Crippen LogP contribution is 2.24. The van der Waals surface area contributed by atoms with E-state index in [0.29, 0.717) is 12.0 Å². The molecule has 0 aliphatic rings. The average Bonchev–Trinajstić information content (AvgIpc) is 2.76. The Morgan fingerprint density at radius 1 is 1.18 bits per heavy atom. The first-order valence-electron chi connectivity index (χ1n) is 11.2. The predicted octanol–water partition coefficient (Wildman–Crippen LogP) is 1.84. The molecule has 10 nitrogen and oxygen atoms in total. The number of nitrogens with zero attached hydrogens (tertiary/aromatic N) is 1. The van der Waals surface area contributed by atoms with E-state index in [2.05, 4.69) is 15.4 Å². The molecule has 1 rings (SSSR count). The maximum atomic E-state index is 13.5. The Hall–Kier alpha value is -3.14. The first kappa shape index (κ1) is 28.9. The molecule has 190 valence electrons. The van der Waals surface area contributed by atoms with Gasteiger partial charge < -0.3 is 30.1 Å². The summed E-state index contributed by atoms with van der Waals surface area (Å²) in [6.07, 6.45) is 0.443. The number of aryl methyl sites for hydroxylation is 1. The summed E-state index contributed by atoms with van der Waals surface area (Å²) < 4.78 is 9.79. The third kappa shape index (κ3) is 9.38. The van der Waals surface area contributed by atoms with Crippen LogP contribution in [0.2, 0.25) is 0 Å². The summed E-state index contributed by atoms with van der Waals surface area (Å²) in [6.45, 7) is 7.94. The maximum Gasteiger partial charge on any atom is 0.408 e. The molecular weight excluding hydrogens is 442 g/mol. The van der Waals surface area contributed by atoms with E-state index in [-0.39, 0.29) is 13.1 Å². The molecule has 3 N–H and O–H groups in total. The first-order chi connectivity index (χ1) is 15.9. The Labute approximate surface area is 201 Å². The third-order valence-corrected chi connectivity index (χ3v) is 4.76. The second-order valence-electron chi connectivity index (χ2n) is 8.88. The molecule has 0 fully saturated rings. The molecule has 34 heavy (non-hydrogen) atoms. The van der Waals surface area contributed by atoms with Crippen LogP contribution >= 0.6 is 0 Å². The molecule has 0 spiro atoms. The number of hydrogen-bond donors (Lipinski definition) is 3. The lowest BCUT2D eigenvalue weighted by Gasteiger charge is -2.34. The third-order valence-electron chi connectivity index (χ3n) is 4.76. The second-order valence-corrected chi connectivity index (χ2v) is 8.88. The van der Waals surface area contributed by atoms with Crippen LogP contribution in [0.15, 0.2) is 24.3 Å². The van der Waals surface area contributed by atoms with Crippen LogP contribution in [0.1, 0.15) is 57.7 Å². The number of benzene rings is 1. The molecule has 1 aromatic carbocycles. The van der Waals surface area contributed by atoms with Crippen LogP contribution in [-0.2, 0) is 23.9 Å². The van der Waals surface area contributed by atoms with E-state index >= 15 is 0 Å². The zero-order valence-corrected chi connectivity index (χ0v) is 20.8. The Kier molecular flexibility index (Phi) is 11.5. The van der Waals surface area contributed by atoms with Crippen molar-refractivity contribution in [1.29, 1.82) is 0 Å². The number of methoxy groups -OCH3 is 1. The van der Waals surface area contributed by atoms with E-state index in [1.807, 2.05) is 19.9 Å². The van der Waals surface area contributed by atoms with Gasteiger partial charge in [-0.3, -0.25) is 14.4 Å². The summed E-state index contributed by atoms with van der Waals surface area (Å²) in [6, 6.07) is 4.66. The lowest BCUT2D eigenvalue weighted by atomic mass is 10.0. The number of amides is 3. The minimum absolute atomic E-state index is 0.187. The summed E-state index contributed by atoms with van der Waals surface area (Å²) in [7, 11) is 1.21. The first-order valence-corrected chi connectivity index (χ1v) is 11.2. The molecule has 3 amide bonds. The molecule has 0 radical (unpaired) electrons. The highest BCUT2D eigenvalue weighted by molar-refractivity contribution is 5.93. The molecular formula is C24H37N3O7. The number of hydrogen-bond acceptors (Lipinski definition) is 7. The summed E-state index contributed by atoms with van der Waals surface area (Å²) >= 11 is 0. The van der Waals surface area contributed by atoms with Gasteiger partial charge in [-0.25, -0.2) is 4.79 Å². The lowest BCUT2D eigenvalue weighted by molar-refractivity contribution is -0.145. The molecule has 0 bridgehead atoms. The fourth-order valence-corrected chi connectivity index (χ4v) is 3.17. The number of ether oxygens (including phenoxy) is 2. The summed E-state index contributed by atoms with van der Waals surface area (Å²) in [5.41, 5.74) is 0.602. The average molecular weight is 480 g/mol. The van der Waals surface area contributed by atoms with Gasteiger partial charge in [-0.2, -0.15) is 0 Å². The Bertz CT molecular complexity index is 851. The fourth-order valence-electron chi connectivity index (χ4n) is 3.17. The topological polar surface area (TPSA) is 134 Å². The number of aliphatic hydroxyl groups excluding tert-OH is 1. The van der Waals surface area contributed by atoms with Gasteiger partial charge in [0.25, 0.3) is 0 Å².